The van der Waals surface area contributed by atoms with E-state index in [1.165, 1.54) is 11.1 Å². The van der Waals surface area contributed by atoms with Crippen LogP contribution in [0.3, 0.4) is 0 Å². The van der Waals surface area contributed by atoms with E-state index in [-0.39, 0.29) is 12.4 Å². The van der Waals surface area contributed by atoms with E-state index >= 15 is 0 Å². The average molecular weight is 202 g/mol. The number of hydrogen-bond acceptors (Lipinski definition) is 2. The van der Waals surface area contributed by atoms with Gasteiger partial charge in [0.25, 0.3) is 0 Å². The Morgan fingerprint density at radius 1 is 1.38 bits per heavy atom. The second-order valence-corrected chi connectivity index (χ2v) is 2.82. The fourth-order valence-electron chi connectivity index (χ4n) is 1.16. The van der Waals surface area contributed by atoms with Crippen molar-refractivity contribution in [1.82, 2.24) is 5.32 Å². The van der Waals surface area contributed by atoms with Crippen molar-refractivity contribution in [2.45, 2.75) is 13.5 Å². The lowest BCUT2D eigenvalue weighted by atomic mass is 10.1. The van der Waals surface area contributed by atoms with Crippen LogP contribution < -0.4 is 10.1 Å². The van der Waals surface area contributed by atoms with Crippen molar-refractivity contribution in [2.75, 3.05) is 14.2 Å². The zero-order valence-corrected chi connectivity index (χ0v) is 9.07. The third-order valence-corrected chi connectivity index (χ3v) is 1.92. The lowest BCUT2D eigenvalue weighted by Crippen LogP contribution is -2.06. The molecule has 1 aromatic carbocycles. The van der Waals surface area contributed by atoms with Gasteiger partial charge in [0.2, 0.25) is 0 Å². The fourth-order valence-corrected chi connectivity index (χ4v) is 1.16. The zero-order valence-electron chi connectivity index (χ0n) is 8.26. The molecule has 0 unspecified atom stereocenters. The van der Waals surface area contributed by atoms with Gasteiger partial charge in [-0.05, 0) is 37.2 Å². The van der Waals surface area contributed by atoms with Crippen molar-refractivity contribution < 1.29 is 4.74 Å². The van der Waals surface area contributed by atoms with Gasteiger partial charge >= 0.3 is 0 Å². The molecule has 3 heteroatoms. The number of benzene rings is 1. The van der Waals surface area contributed by atoms with Crippen LogP contribution in [0.2, 0.25) is 0 Å². The first-order valence-corrected chi connectivity index (χ1v) is 4.06. The number of methoxy groups -OCH3 is 1. The minimum atomic E-state index is 0. The molecule has 0 aliphatic heterocycles. The van der Waals surface area contributed by atoms with Crippen LogP contribution in [0.1, 0.15) is 11.1 Å². The summed E-state index contributed by atoms with van der Waals surface area (Å²) >= 11 is 0. The monoisotopic (exact) mass is 201 g/mol. The fraction of sp³-hybridized carbons (Fsp3) is 0.400. The Bertz CT molecular complexity index is 263. The van der Waals surface area contributed by atoms with Gasteiger partial charge in [-0.25, -0.2) is 0 Å². The smallest absolute Gasteiger partial charge is 0.119 e. The first-order chi connectivity index (χ1) is 5.77. The molecular formula is C10H16ClNO. The second kappa shape index (κ2) is 5.84. The molecule has 0 atom stereocenters. The first kappa shape index (κ1) is 12.3. The van der Waals surface area contributed by atoms with E-state index in [0.29, 0.717) is 0 Å². The Hall–Kier alpha value is -0.730. The van der Waals surface area contributed by atoms with Crippen molar-refractivity contribution in [3.05, 3.63) is 29.3 Å². The summed E-state index contributed by atoms with van der Waals surface area (Å²) in [6, 6.07) is 6.12. The van der Waals surface area contributed by atoms with E-state index in [9.17, 15) is 0 Å². The number of hydrogen-bond donors (Lipinski definition) is 1. The van der Waals surface area contributed by atoms with Gasteiger partial charge in [-0.2, -0.15) is 0 Å². The highest BCUT2D eigenvalue weighted by atomic mass is 35.5. The van der Waals surface area contributed by atoms with Crippen LogP contribution in [0.5, 0.6) is 5.75 Å². The summed E-state index contributed by atoms with van der Waals surface area (Å²) in [4.78, 5) is 0. The summed E-state index contributed by atoms with van der Waals surface area (Å²) in [5, 5.41) is 3.12. The van der Waals surface area contributed by atoms with Crippen molar-refractivity contribution >= 4 is 12.4 Å². The van der Waals surface area contributed by atoms with Crippen molar-refractivity contribution in [1.29, 1.82) is 0 Å². The Balaban J connectivity index is 0.00000144. The SMILES string of the molecule is CNCc1cc(OC)ccc1C.Cl. The molecule has 0 spiro atoms. The molecule has 0 heterocycles. The maximum Gasteiger partial charge on any atom is 0.119 e. The maximum atomic E-state index is 5.13. The second-order valence-electron chi connectivity index (χ2n) is 2.82. The number of rotatable bonds is 3. The molecule has 0 saturated carbocycles. The summed E-state index contributed by atoms with van der Waals surface area (Å²) in [5.74, 6) is 0.922. The van der Waals surface area contributed by atoms with Gasteiger partial charge in [-0.15, -0.1) is 12.4 Å². The highest BCUT2D eigenvalue weighted by Gasteiger charge is 1.98. The van der Waals surface area contributed by atoms with Crippen molar-refractivity contribution in [2.24, 2.45) is 0 Å². The minimum absolute atomic E-state index is 0. The quantitative estimate of drug-likeness (QED) is 0.809. The minimum Gasteiger partial charge on any atom is -0.497 e. The molecule has 0 radical (unpaired) electrons. The van der Waals surface area contributed by atoms with Crippen LogP contribution in [0.4, 0.5) is 0 Å². The molecular weight excluding hydrogens is 186 g/mol. The van der Waals surface area contributed by atoms with Gasteiger partial charge in [-0.3, -0.25) is 0 Å². The van der Waals surface area contributed by atoms with Gasteiger partial charge < -0.3 is 10.1 Å². The van der Waals surface area contributed by atoms with E-state index in [1.54, 1.807) is 7.11 Å². The molecule has 0 fully saturated rings. The Labute approximate surface area is 85.7 Å². The summed E-state index contributed by atoms with van der Waals surface area (Å²) in [7, 11) is 3.63. The lowest BCUT2D eigenvalue weighted by molar-refractivity contribution is 0.414. The van der Waals surface area contributed by atoms with Crippen LogP contribution in [0, 0.1) is 6.92 Å². The van der Waals surface area contributed by atoms with Crippen LogP contribution in [-0.2, 0) is 6.54 Å². The molecule has 0 aromatic heterocycles. The van der Waals surface area contributed by atoms with Crippen LogP contribution in [0.15, 0.2) is 18.2 Å². The number of aryl methyl sites for hydroxylation is 1. The molecule has 2 nitrogen and oxygen atoms in total. The van der Waals surface area contributed by atoms with E-state index in [4.69, 9.17) is 4.74 Å². The molecule has 0 aliphatic carbocycles. The van der Waals surface area contributed by atoms with Gasteiger partial charge in [0.05, 0.1) is 7.11 Å². The Kier molecular flexibility index (Phi) is 5.51. The Morgan fingerprint density at radius 3 is 2.62 bits per heavy atom. The first-order valence-electron chi connectivity index (χ1n) is 4.06. The van der Waals surface area contributed by atoms with Crippen molar-refractivity contribution in [3.63, 3.8) is 0 Å². The summed E-state index contributed by atoms with van der Waals surface area (Å²) in [6.45, 7) is 3.00. The molecule has 0 saturated heterocycles. The predicted molar refractivity (Wildman–Crippen MR) is 57.7 cm³/mol. The summed E-state index contributed by atoms with van der Waals surface area (Å²) < 4.78 is 5.13. The maximum absolute atomic E-state index is 5.13. The topological polar surface area (TPSA) is 21.3 Å². The van der Waals surface area contributed by atoms with Gasteiger partial charge in [0, 0.05) is 6.54 Å². The van der Waals surface area contributed by atoms with Gasteiger partial charge in [-0.1, -0.05) is 6.07 Å². The van der Waals surface area contributed by atoms with Crippen LogP contribution in [-0.4, -0.2) is 14.2 Å². The molecule has 13 heavy (non-hydrogen) atoms. The number of nitrogens with one attached hydrogen (secondary N) is 1. The normalized spacial score (nSPS) is 9.15. The standard InChI is InChI=1S/C10H15NO.ClH/c1-8-4-5-10(12-3)6-9(8)7-11-2;/h4-6,11H,7H2,1-3H3;1H. The highest BCUT2D eigenvalue weighted by molar-refractivity contribution is 5.85. The van der Waals surface area contributed by atoms with Gasteiger partial charge in [0.1, 0.15) is 5.75 Å². The Morgan fingerprint density at radius 2 is 2.08 bits per heavy atom. The molecule has 1 aromatic rings. The molecule has 1 rings (SSSR count). The van der Waals surface area contributed by atoms with Gasteiger partial charge in [0.15, 0.2) is 0 Å². The summed E-state index contributed by atoms with van der Waals surface area (Å²) in [5.41, 5.74) is 2.59. The van der Waals surface area contributed by atoms with E-state index in [0.717, 1.165) is 12.3 Å². The van der Waals surface area contributed by atoms with E-state index < -0.39 is 0 Å². The highest BCUT2D eigenvalue weighted by Crippen LogP contribution is 2.16. The summed E-state index contributed by atoms with van der Waals surface area (Å²) in [6.07, 6.45) is 0. The van der Waals surface area contributed by atoms with Crippen LogP contribution in [0.25, 0.3) is 0 Å². The molecule has 0 bridgehead atoms. The van der Waals surface area contributed by atoms with Crippen molar-refractivity contribution in [3.8, 4) is 5.75 Å². The molecule has 1 N–H and O–H groups in total. The molecule has 74 valence electrons. The zero-order chi connectivity index (χ0) is 8.97. The largest absolute Gasteiger partial charge is 0.497 e. The van der Waals surface area contributed by atoms with E-state index in [1.807, 2.05) is 13.1 Å². The average Bonchev–Trinajstić information content (AvgIpc) is 2.09. The third-order valence-electron chi connectivity index (χ3n) is 1.92. The molecule has 0 amide bonds. The predicted octanol–water partition coefficient (Wildman–Crippen LogP) is 2.14. The van der Waals surface area contributed by atoms with Crippen LogP contribution >= 0.6 is 12.4 Å². The molecule has 0 aliphatic rings. The van der Waals surface area contributed by atoms with E-state index in [2.05, 4.69) is 24.4 Å². The number of ether oxygens (including phenoxy) is 1. The number of halogens is 1. The third kappa shape index (κ3) is 3.25. The lowest BCUT2D eigenvalue weighted by Gasteiger charge is -2.07.